The predicted octanol–water partition coefficient (Wildman–Crippen LogP) is 3.88. The topological polar surface area (TPSA) is 0 Å². The molecule has 0 rings (SSSR count). The van der Waals surface area contributed by atoms with Crippen LogP contribution in [-0.4, -0.2) is 0 Å². The summed E-state index contributed by atoms with van der Waals surface area (Å²) < 4.78 is 0. The highest BCUT2D eigenvalue weighted by Crippen LogP contribution is 2.14. The third-order valence-corrected chi connectivity index (χ3v) is 2.17. The SMILES string of the molecule is CC(C)/C=C\C[C@H](C)C(C)C. The van der Waals surface area contributed by atoms with E-state index in [-0.39, 0.29) is 0 Å². The second-order valence-electron chi connectivity index (χ2n) is 4.13. The zero-order valence-electron chi connectivity index (χ0n) is 8.59. The van der Waals surface area contributed by atoms with E-state index >= 15 is 0 Å². The van der Waals surface area contributed by atoms with Gasteiger partial charge in [0, 0.05) is 0 Å². The zero-order chi connectivity index (χ0) is 8.85. The van der Waals surface area contributed by atoms with Crippen LogP contribution in [0.25, 0.3) is 0 Å². The summed E-state index contributed by atoms with van der Waals surface area (Å²) in [4.78, 5) is 0. The fourth-order valence-corrected chi connectivity index (χ4v) is 0.838. The van der Waals surface area contributed by atoms with Crippen LogP contribution in [0.15, 0.2) is 12.2 Å². The normalized spacial score (nSPS) is 15.2. The van der Waals surface area contributed by atoms with Crippen LogP contribution < -0.4 is 0 Å². The van der Waals surface area contributed by atoms with Crippen LogP contribution in [0.3, 0.4) is 0 Å². The van der Waals surface area contributed by atoms with Crippen LogP contribution in [0.5, 0.6) is 0 Å². The number of allylic oxidation sites excluding steroid dienone is 2. The average Bonchev–Trinajstić information content (AvgIpc) is 1.86. The minimum atomic E-state index is 0.703. The van der Waals surface area contributed by atoms with Crippen molar-refractivity contribution in [2.24, 2.45) is 17.8 Å². The second-order valence-corrected chi connectivity index (χ2v) is 4.13. The van der Waals surface area contributed by atoms with E-state index in [4.69, 9.17) is 0 Å². The minimum absolute atomic E-state index is 0.703. The molecule has 11 heavy (non-hydrogen) atoms. The van der Waals surface area contributed by atoms with Gasteiger partial charge in [-0.25, -0.2) is 0 Å². The number of hydrogen-bond acceptors (Lipinski definition) is 0. The Balaban J connectivity index is 3.53. The highest BCUT2D eigenvalue weighted by Gasteiger charge is 2.03. The van der Waals surface area contributed by atoms with Crippen LogP contribution >= 0.6 is 0 Å². The van der Waals surface area contributed by atoms with Crippen LogP contribution in [0, 0.1) is 17.8 Å². The van der Waals surface area contributed by atoms with E-state index in [1.165, 1.54) is 6.42 Å². The van der Waals surface area contributed by atoms with Gasteiger partial charge in [-0.3, -0.25) is 0 Å². The van der Waals surface area contributed by atoms with E-state index in [0.29, 0.717) is 5.92 Å². The monoisotopic (exact) mass is 154 g/mol. The lowest BCUT2D eigenvalue weighted by Gasteiger charge is -2.12. The molecule has 0 aromatic rings. The quantitative estimate of drug-likeness (QED) is 0.539. The van der Waals surface area contributed by atoms with E-state index in [0.717, 1.165) is 11.8 Å². The Labute approximate surface area is 71.7 Å². The Bertz CT molecular complexity index is 109. The second kappa shape index (κ2) is 5.40. The third kappa shape index (κ3) is 6.15. The Morgan fingerprint density at radius 2 is 1.55 bits per heavy atom. The van der Waals surface area contributed by atoms with E-state index in [9.17, 15) is 0 Å². The molecule has 0 N–H and O–H groups in total. The van der Waals surface area contributed by atoms with E-state index in [1.54, 1.807) is 0 Å². The van der Waals surface area contributed by atoms with Crippen LogP contribution in [0.4, 0.5) is 0 Å². The molecule has 0 aromatic carbocycles. The standard InChI is InChI=1S/C11H22/c1-9(2)7-6-8-11(5)10(3)4/h6-7,9-11H,8H2,1-5H3/b7-6-/t11-/m0/s1. The summed E-state index contributed by atoms with van der Waals surface area (Å²) in [7, 11) is 0. The van der Waals surface area contributed by atoms with E-state index in [2.05, 4.69) is 46.8 Å². The first kappa shape index (κ1) is 10.7. The van der Waals surface area contributed by atoms with Gasteiger partial charge >= 0.3 is 0 Å². The van der Waals surface area contributed by atoms with Crippen molar-refractivity contribution in [1.82, 2.24) is 0 Å². The molecule has 66 valence electrons. The molecule has 0 saturated heterocycles. The predicted molar refractivity (Wildman–Crippen MR) is 52.6 cm³/mol. The first-order valence-corrected chi connectivity index (χ1v) is 4.70. The molecule has 0 amide bonds. The molecule has 0 fully saturated rings. The van der Waals surface area contributed by atoms with Crippen molar-refractivity contribution in [3.8, 4) is 0 Å². The first-order valence-electron chi connectivity index (χ1n) is 4.70. The van der Waals surface area contributed by atoms with Crippen molar-refractivity contribution in [3.63, 3.8) is 0 Å². The fourth-order valence-electron chi connectivity index (χ4n) is 0.838. The summed E-state index contributed by atoms with van der Waals surface area (Å²) in [5, 5.41) is 0. The lowest BCUT2D eigenvalue weighted by molar-refractivity contribution is 0.423. The van der Waals surface area contributed by atoms with Crippen molar-refractivity contribution in [3.05, 3.63) is 12.2 Å². The van der Waals surface area contributed by atoms with Gasteiger partial charge in [-0.05, 0) is 24.2 Å². The minimum Gasteiger partial charge on any atom is -0.0880 e. The van der Waals surface area contributed by atoms with Gasteiger partial charge in [0.1, 0.15) is 0 Å². The van der Waals surface area contributed by atoms with Crippen molar-refractivity contribution in [2.45, 2.75) is 41.0 Å². The average molecular weight is 154 g/mol. The number of rotatable bonds is 4. The van der Waals surface area contributed by atoms with E-state index in [1.807, 2.05) is 0 Å². The molecule has 0 radical (unpaired) electrons. The molecule has 0 aromatic heterocycles. The molecule has 1 atom stereocenters. The van der Waals surface area contributed by atoms with Gasteiger partial charge in [-0.2, -0.15) is 0 Å². The molecule has 0 aliphatic rings. The maximum Gasteiger partial charge on any atom is -0.0290 e. The van der Waals surface area contributed by atoms with Gasteiger partial charge < -0.3 is 0 Å². The van der Waals surface area contributed by atoms with Gasteiger partial charge in [0.05, 0.1) is 0 Å². The Morgan fingerprint density at radius 3 is 1.91 bits per heavy atom. The van der Waals surface area contributed by atoms with Gasteiger partial charge in [0.25, 0.3) is 0 Å². The smallest absolute Gasteiger partial charge is 0.0290 e. The summed E-state index contributed by atoms with van der Waals surface area (Å²) in [6, 6.07) is 0. The Kier molecular flexibility index (Phi) is 5.27. The summed E-state index contributed by atoms with van der Waals surface area (Å²) in [5.74, 6) is 2.34. The summed E-state index contributed by atoms with van der Waals surface area (Å²) in [6.45, 7) is 11.3. The van der Waals surface area contributed by atoms with E-state index < -0.39 is 0 Å². The summed E-state index contributed by atoms with van der Waals surface area (Å²) in [6.07, 6.45) is 5.84. The van der Waals surface area contributed by atoms with Crippen LogP contribution in [-0.2, 0) is 0 Å². The largest absolute Gasteiger partial charge is 0.0880 e. The summed E-state index contributed by atoms with van der Waals surface area (Å²) >= 11 is 0. The molecule has 0 heteroatoms. The molecular formula is C11H22. The highest BCUT2D eigenvalue weighted by atomic mass is 14.1. The highest BCUT2D eigenvalue weighted by molar-refractivity contribution is 4.86. The van der Waals surface area contributed by atoms with Gasteiger partial charge in [0.15, 0.2) is 0 Å². The molecule has 0 heterocycles. The molecular weight excluding hydrogens is 132 g/mol. The van der Waals surface area contributed by atoms with Crippen molar-refractivity contribution >= 4 is 0 Å². The fraction of sp³-hybridized carbons (Fsp3) is 0.818. The van der Waals surface area contributed by atoms with Gasteiger partial charge in [0.2, 0.25) is 0 Å². The molecule has 0 nitrogen and oxygen atoms in total. The summed E-state index contributed by atoms with van der Waals surface area (Å²) in [5.41, 5.74) is 0. The van der Waals surface area contributed by atoms with Crippen molar-refractivity contribution < 1.29 is 0 Å². The lowest BCUT2D eigenvalue weighted by Crippen LogP contribution is -2.01. The zero-order valence-corrected chi connectivity index (χ0v) is 8.59. The molecule has 0 aliphatic carbocycles. The molecule has 0 spiro atoms. The Morgan fingerprint density at radius 1 is 1.00 bits per heavy atom. The molecule has 0 saturated carbocycles. The van der Waals surface area contributed by atoms with Crippen LogP contribution in [0.2, 0.25) is 0 Å². The number of hydrogen-bond donors (Lipinski definition) is 0. The third-order valence-electron chi connectivity index (χ3n) is 2.17. The van der Waals surface area contributed by atoms with Crippen LogP contribution in [0.1, 0.15) is 41.0 Å². The van der Waals surface area contributed by atoms with Gasteiger partial charge in [-0.1, -0.05) is 46.8 Å². The van der Waals surface area contributed by atoms with Crippen molar-refractivity contribution in [2.75, 3.05) is 0 Å². The maximum atomic E-state index is 2.31. The Hall–Kier alpha value is -0.260. The molecule has 0 aliphatic heterocycles. The van der Waals surface area contributed by atoms with Crippen molar-refractivity contribution in [1.29, 1.82) is 0 Å². The molecule has 0 bridgehead atoms. The first-order chi connectivity index (χ1) is 5.04. The lowest BCUT2D eigenvalue weighted by atomic mass is 9.94. The van der Waals surface area contributed by atoms with Gasteiger partial charge in [-0.15, -0.1) is 0 Å². The molecule has 0 unspecified atom stereocenters. The maximum absolute atomic E-state index is 2.31.